The Kier molecular flexibility index (Phi) is 2.95. The second kappa shape index (κ2) is 4.50. The largest absolute Gasteiger partial charge is 0.350 e. The van der Waals surface area contributed by atoms with E-state index in [-0.39, 0.29) is 0 Å². The van der Waals surface area contributed by atoms with Gasteiger partial charge in [-0.2, -0.15) is 0 Å². The number of fused-ring (bicyclic) bond motifs is 1. The Hall–Kier alpha value is -1.60. The molecule has 4 heteroatoms. The number of hydrogen-bond acceptors (Lipinski definition) is 1. The quantitative estimate of drug-likeness (QED) is 0.484. The predicted octanol–water partition coefficient (Wildman–Crippen LogP) is 1.84. The van der Waals surface area contributed by atoms with Gasteiger partial charge in [0.2, 0.25) is 0 Å². The van der Waals surface area contributed by atoms with Crippen molar-refractivity contribution in [2.45, 2.75) is 6.92 Å². The van der Waals surface area contributed by atoms with Crippen LogP contribution < -0.4 is 10.8 Å². The SMILES string of the molecule is [B]c1cc2c(cc1P)c(-c1cccc(C)n1)cn2C. The first-order valence-corrected chi connectivity index (χ1v) is 6.72. The second-order valence-corrected chi connectivity index (χ2v) is 5.44. The van der Waals surface area contributed by atoms with Crippen molar-refractivity contribution in [2.75, 3.05) is 0 Å². The molecule has 0 saturated carbocycles. The van der Waals surface area contributed by atoms with Gasteiger partial charge in [-0.05, 0) is 36.5 Å². The molecule has 2 nitrogen and oxygen atoms in total. The highest BCUT2D eigenvalue weighted by Crippen LogP contribution is 2.28. The highest BCUT2D eigenvalue weighted by Gasteiger charge is 2.11. The Labute approximate surface area is 116 Å². The molecule has 1 unspecified atom stereocenters. The van der Waals surface area contributed by atoms with Crippen LogP contribution in [-0.4, -0.2) is 17.4 Å². The van der Waals surface area contributed by atoms with Crippen molar-refractivity contribution in [3.63, 3.8) is 0 Å². The van der Waals surface area contributed by atoms with Crippen molar-refractivity contribution >= 4 is 38.8 Å². The molecule has 2 heterocycles. The summed E-state index contributed by atoms with van der Waals surface area (Å²) in [6.45, 7) is 2.01. The van der Waals surface area contributed by atoms with Crippen LogP contribution in [0, 0.1) is 6.92 Å². The predicted molar refractivity (Wildman–Crippen MR) is 85.6 cm³/mol. The number of aromatic nitrogens is 2. The fraction of sp³-hybridized carbons (Fsp3) is 0.133. The molecule has 0 fully saturated rings. The molecule has 0 aliphatic rings. The summed E-state index contributed by atoms with van der Waals surface area (Å²) in [4.78, 5) is 4.61. The van der Waals surface area contributed by atoms with Crippen LogP contribution >= 0.6 is 9.24 Å². The minimum Gasteiger partial charge on any atom is -0.350 e. The maximum atomic E-state index is 5.98. The Bertz CT molecular complexity index is 777. The second-order valence-electron chi connectivity index (χ2n) is 4.82. The van der Waals surface area contributed by atoms with Crippen molar-refractivity contribution < 1.29 is 0 Å². The lowest BCUT2D eigenvalue weighted by atomic mass is 9.94. The van der Waals surface area contributed by atoms with Gasteiger partial charge < -0.3 is 4.57 Å². The number of pyridine rings is 1. The van der Waals surface area contributed by atoms with E-state index in [2.05, 4.69) is 31.1 Å². The van der Waals surface area contributed by atoms with Gasteiger partial charge in [-0.3, -0.25) is 4.98 Å². The van der Waals surface area contributed by atoms with Crippen molar-refractivity contribution in [3.05, 3.63) is 42.2 Å². The first kappa shape index (κ1) is 12.4. The maximum Gasteiger partial charge on any atom is 0.114 e. The third-order valence-corrected chi connectivity index (χ3v) is 3.86. The fourth-order valence-corrected chi connectivity index (χ4v) is 2.61. The summed E-state index contributed by atoms with van der Waals surface area (Å²) < 4.78 is 2.09. The smallest absolute Gasteiger partial charge is 0.114 e. The van der Waals surface area contributed by atoms with E-state index in [4.69, 9.17) is 7.85 Å². The van der Waals surface area contributed by atoms with E-state index in [1.807, 2.05) is 38.2 Å². The maximum absolute atomic E-state index is 5.98. The van der Waals surface area contributed by atoms with E-state index in [0.29, 0.717) is 0 Å². The number of aryl methyl sites for hydroxylation is 2. The molecule has 0 N–H and O–H groups in total. The number of hydrogen-bond donors (Lipinski definition) is 0. The van der Waals surface area contributed by atoms with Crippen LogP contribution in [0.3, 0.4) is 0 Å². The summed E-state index contributed by atoms with van der Waals surface area (Å²) in [5, 5.41) is 2.20. The number of nitrogens with zero attached hydrogens (tertiary/aromatic N) is 2. The van der Waals surface area contributed by atoms with Gasteiger partial charge in [0.15, 0.2) is 0 Å². The van der Waals surface area contributed by atoms with Gasteiger partial charge in [0.25, 0.3) is 0 Å². The lowest BCUT2D eigenvalue weighted by Crippen LogP contribution is -2.18. The average molecular weight is 264 g/mol. The third-order valence-electron chi connectivity index (χ3n) is 3.36. The lowest BCUT2D eigenvalue weighted by molar-refractivity contribution is 0.970. The van der Waals surface area contributed by atoms with Crippen LogP contribution in [0.1, 0.15) is 5.69 Å². The summed E-state index contributed by atoms with van der Waals surface area (Å²) in [6.07, 6.45) is 2.11. The molecular weight excluding hydrogens is 250 g/mol. The summed E-state index contributed by atoms with van der Waals surface area (Å²) >= 11 is 0. The van der Waals surface area contributed by atoms with Crippen LogP contribution in [-0.2, 0) is 7.05 Å². The van der Waals surface area contributed by atoms with Crippen LogP contribution in [0.15, 0.2) is 36.5 Å². The average Bonchev–Trinajstić information content (AvgIpc) is 2.68. The zero-order chi connectivity index (χ0) is 13.6. The Morgan fingerprint density at radius 2 is 2.05 bits per heavy atom. The van der Waals surface area contributed by atoms with E-state index >= 15 is 0 Å². The molecule has 1 atom stereocenters. The van der Waals surface area contributed by atoms with Gasteiger partial charge in [0.1, 0.15) is 7.85 Å². The van der Waals surface area contributed by atoms with Crippen LogP contribution in [0.4, 0.5) is 0 Å². The van der Waals surface area contributed by atoms with Gasteiger partial charge in [0, 0.05) is 35.4 Å². The van der Waals surface area contributed by atoms with Crippen LogP contribution in [0.5, 0.6) is 0 Å². The topological polar surface area (TPSA) is 17.8 Å². The van der Waals surface area contributed by atoms with Gasteiger partial charge in [-0.25, -0.2) is 0 Å². The molecule has 3 rings (SSSR count). The number of rotatable bonds is 1. The van der Waals surface area contributed by atoms with E-state index in [1.165, 1.54) is 5.39 Å². The van der Waals surface area contributed by atoms with Crippen LogP contribution in [0.2, 0.25) is 0 Å². The van der Waals surface area contributed by atoms with Gasteiger partial charge in [-0.1, -0.05) is 11.5 Å². The first-order valence-electron chi connectivity index (χ1n) is 6.14. The number of benzene rings is 1. The normalized spacial score (nSPS) is 11.1. The summed E-state index contributed by atoms with van der Waals surface area (Å²) in [7, 11) is 10.7. The third kappa shape index (κ3) is 2.09. The lowest BCUT2D eigenvalue weighted by Gasteiger charge is -2.04. The van der Waals surface area contributed by atoms with Crippen LogP contribution in [0.25, 0.3) is 22.2 Å². The Balaban J connectivity index is 2.33. The molecule has 92 valence electrons. The van der Waals surface area contributed by atoms with Gasteiger partial charge in [0.05, 0.1) is 5.69 Å². The first-order chi connectivity index (χ1) is 9.06. The summed E-state index contributed by atoms with van der Waals surface area (Å²) in [5.74, 6) is 0. The molecule has 2 aromatic heterocycles. The van der Waals surface area contributed by atoms with E-state index in [9.17, 15) is 0 Å². The summed E-state index contributed by atoms with van der Waals surface area (Å²) in [5.41, 5.74) is 5.09. The van der Waals surface area contributed by atoms with Crippen molar-refractivity contribution in [2.24, 2.45) is 7.05 Å². The highest BCUT2D eigenvalue weighted by molar-refractivity contribution is 7.28. The van der Waals surface area contributed by atoms with Gasteiger partial charge >= 0.3 is 0 Å². The molecule has 19 heavy (non-hydrogen) atoms. The monoisotopic (exact) mass is 264 g/mol. The van der Waals surface area contributed by atoms with E-state index in [1.54, 1.807) is 0 Å². The molecular formula is C15H14BN2P. The molecule has 3 aromatic rings. The minimum atomic E-state index is 0.794. The zero-order valence-corrected chi connectivity index (χ0v) is 12.2. The minimum absolute atomic E-state index is 0.794. The molecule has 0 spiro atoms. The Morgan fingerprint density at radius 3 is 2.79 bits per heavy atom. The molecule has 0 amide bonds. The standard InChI is InChI=1S/C15H14BN2P/c1-9-4-3-5-13(17-9)11-8-18(2)14-7-12(16)15(19)6-10(11)14/h3-8H,19H2,1-2H3. The van der Waals surface area contributed by atoms with E-state index < -0.39 is 0 Å². The zero-order valence-electron chi connectivity index (χ0n) is 11.0. The molecule has 1 aromatic carbocycles. The summed E-state index contributed by atoms with van der Waals surface area (Å²) in [6, 6.07) is 10.2. The van der Waals surface area contributed by atoms with Crippen molar-refractivity contribution in [1.82, 2.24) is 9.55 Å². The molecule has 0 aliphatic carbocycles. The fourth-order valence-electron chi connectivity index (χ4n) is 2.36. The van der Waals surface area contributed by atoms with Crippen molar-refractivity contribution in [3.8, 4) is 11.3 Å². The molecule has 2 radical (unpaired) electrons. The molecule has 0 bridgehead atoms. The van der Waals surface area contributed by atoms with Gasteiger partial charge in [-0.15, -0.1) is 9.24 Å². The molecule has 0 aliphatic heterocycles. The van der Waals surface area contributed by atoms with E-state index in [0.717, 1.165) is 33.2 Å². The van der Waals surface area contributed by atoms with Crippen molar-refractivity contribution in [1.29, 1.82) is 0 Å². The highest BCUT2D eigenvalue weighted by atomic mass is 31.0. The Morgan fingerprint density at radius 1 is 1.26 bits per heavy atom. The molecule has 0 saturated heterocycles.